The molecule has 0 saturated carbocycles. The highest BCUT2D eigenvalue weighted by molar-refractivity contribution is 5.79. The maximum Gasteiger partial charge on any atom is 0.153 e. The molecule has 1 fully saturated rings. The van der Waals surface area contributed by atoms with Crippen molar-refractivity contribution in [3.05, 3.63) is 29.3 Å². The lowest BCUT2D eigenvalue weighted by Gasteiger charge is -2.27. The molecule has 1 aromatic rings. The SMILES string of the molecule is Cc1ccc(OC2CC(C)(C)OC2(C)C)c(C=O)c1. The predicted molar refractivity (Wildman–Crippen MR) is 74.8 cm³/mol. The molecular formula is C16H22O3. The van der Waals surface area contributed by atoms with E-state index in [4.69, 9.17) is 9.47 Å². The molecule has 1 heterocycles. The van der Waals surface area contributed by atoms with E-state index in [1.54, 1.807) is 0 Å². The third kappa shape index (κ3) is 2.98. The van der Waals surface area contributed by atoms with Crippen LogP contribution in [0.5, 0.6) is 5.75 Å². The molecule has 1 unspecified atom stereocenters. The Kier molecular flexibility index (Phi) is 3.43. The van der Waals surface area contributed by atoms with E-state index in [-0.39, 0.29) is 17.3 Å². The van der Waals surface area contributed by atoms with E-state index in [2.05, 4.69) is 13.8 Å². The first-order valence-electron chi connectivity index (χ1n) is 6.66. The van der Waals surface area contributed by atoms with Gasteiger partial charge in [0.1, 0.15) is 17.5 Å². The van der Waals surface area contributed by atoms with Gasteiger partial charge < -0.3 is 9.47 Å². The molecule has 0 N–H and O–H groups in total. The number of ether oxygens (including phenoxy) is 2. The lowest BCUT2D eigenvalue weighted by atomic mass is 9.97. The quantitative estimate of drug-likeness (QED) is 0.782. The van der Waals surface area contributed by atoms with Gasteiger partial charge in [0.15, 0.2) is 6.29 Å². The Morgan fingerprint density at radius 3 is 2.53 bits per heavy atom. The Balaban J connectivity index is 2.24. The van der Waals surface area contributed by atoms with Gasteiger partial charge in [-0.1, -0.05) is 11.6 Å². The Bertz CT molecular complexity index is 489. The van der Waals surface area contributed by atoms with Crippen LogP contribution >= 0.6 is 0 Å². The second-order valence-corrected chi connectivity index (χ2v) is 6.43. The summed E-state index contributed by atoms with van der Waals surface area (Å²) in [4.78, 5) is 11.1. The molecule has 1 atom stereocenters. The van der Waals surface area contributed by atoms with Gasteiger partial charge in [0.25, 0.3) is 0 Å². The van der Waals surface area contributed by atoms with Crippen LogP contribution in [-0.2, 0) is 4.74 Å². The molecule has 0 aliphatic carbocycles. The highest BCUT2D eigenvalue weighted by atomic mass is 16.6. The number of carbonyl (C=O) groups is 1. The second-order valence-electron chi connectivity index (χ2n) is 6.43. The average Bonchev–Trinajstić information content (AvgIpc) is 2.49. The first-order chi connectivity index (χ1) is 8.73. The number of aryl methyl sites for hydroxylation is 1. The first-order valence-corrected chi connectivity index (χ1v) is 6.66. The molecule has 0 radical (unpaired) electrons. The smallest absolute Gasteiger partial charge is 0.153 e. The number of benzene rings is 1. The van der Waals surface area contributed by atoms with Gasteiger partial charge in [0.2, 0.25) is 0 Å². The van der Waals surface area contributed by atoms with E-state index in [1.165, 1.54) is 0 Å². The Morgan fingerprint density at radius 1 is 1.32 bits per heavy atom. The number of hydrogen-bond acceptors (Lipinski definition) is 3. The predicted octanol–water partition coefficient (Wildman–Crippen LogP) is 3.53. The van der Waals surface area contributed by atoms with Gasteiger partial charge in [0, 0.05) is 6.42 Å². The average molecular weight is 262 g/mol. The minimum atomic E-state index is -0.353. The van der Waals surface area contributed by atoms with Crippen LogP contribution < -0.4 is 4.74 Å². The zero-order valence-electron chi connectivity index (χ0n) is 12.3. The molecule has 104 valence electrons. The summed E-state index contributed by atoms with van der Waals surface area (Å²) in [5, 5.41) is 0. The maximum atomic E-state index is 11.1. The van der Waals surface area contributed by atoms with Crippen molar-refractivity contribution < 1.29 is 14.3 Å². The van der Waals surface area contributed by atoms with Crippen LogP contribution in [-0.4, -0.2) is 23.6 Å². The summed E-state index contributed by atoms with van der Waals surface area (Å²) in [6.07, 6.45) is 1.60. The molecule has 3 heteroatoms. The molecule has 0 bridgehead atoms. The summed E-state index contributed by atoms with van der Waals surface area (Å²) >= 11 is 0. The molecule has 0 spiro atoms. The summed E-state index contributed by atoms with van der Waals surface area (Å²) in [5.41, 5.74) is 1.10. The summed E-state index contributed by atoms with van der Waals surface area (Å²) < 4.78 is 12.1. The van der Waals surface area contributed by atoms with Crippen LogP contribution in [0, 0.1) is 6.92 Å². The van der Waals surface area contributed by atoms with Crippen molar-refractivity contribution >= 4 is 6.29 Å². The summed E-state index contributed by atoms with van der Waals surface area (Å²) in [7, 11) is 0. The van der Waals surface area contributed by atoms with E-state index in [1.807, 2.05) is 39.0 Å². The molecule has 3 nitrogen and oxygen atoms in total. The van der Waals surface area contributed by atoms with Gasteiger partial charge in [-0.15, -0.1) is 0 Å². The number of carbonyl (C=O) groups excluding carboxylic acids is 1. The number of aldehydes is 1. The van der Waals surface area contributed by atoms with Gasteiger partial charge in [0.05, 0.1) is 11.2 Å². The zero-order valence-corrected chi connectivity index (χ0v) is 12.3. The van der Waals surface area contributed by atoms with Crippen LogP contribution in [0.4, 0.5) is 0 Å². The molecular weight excluding hydrogens is 240 g/mol. The normalized spacial score (nSPS) is 24.2. The topological polar surface area (TPSA) is 35.5 Å². The zero-order chi connectivity index (χ0) is 14.3. The van der Waals surface area contributed by atoms with Gasteiger partial charge >= 0.3 is 0 Å². The van der Waals surface area contributed by atoms with Crippen molar-refractivity contribution in [3.63, 3.8) is 0 Å². The fourth-order valence-electron chi connectivity index (χ4n) is 2.72. The molecule has 0 aromatic heterocycles. The molecule has 19 heavy (non-hydrogen) atoms. The fraction of sp³-hybridized carbons (Fsp3) is 0.562. The lowest BCUT2D eigenvalue weighted by molar-refractivity contribution is -0.0846. The highest BCUT2D eigenvalue weighted by Crippen LogP contribution is 2.39. The summed E-state index contributed by atoms with van der Waals surface area (Å²) in [6, 6.07) is 5.66. The van der Waals surface area contributed by atoms with E-state index >= 15 is 0 Å². The third-order valence-electron chi connectivity index (χ3n) is 3.55. The van der Waals surface area contributed by atoms with Crippen molar-refractivity contribution in [3.8, 4) is 5.75 Å². The lowest BCUT2D eigenvalue weighted by Crippen LogP contribution is -2.36. The Labute approximate surface area is 114 Å². The minimum Gasteiger partial charge on any atom is -0.487 e. The standard InChI is InChI=1S/C16H22O3/c1-11-6-7-13(12(8-11)10-17)18-14-9-15(2,3)19-16(14,4)5/h6-8,10,14H,9H2,1-5H3. The summed E-state index contributed by atoms with van der Waals surface area (Å²) in [6.45, 7) is 10.1. The van der Waals surface area contributed by atoms with Crippen molar-refractivity contribution in [2.45, 2.75) is 58.3 Å². The molecule has 2 rings (SSSR count). The van der Waals surface area contributed by atoms with Gasteiger partial charge in [-0.3, -0.25) is 4.79 Å². The van der Waals surface area contributed by atoms with E-state index in [0.29, 0.717) is 11.3 Å². The molecule has 1 aliphatic heterocycles. The van der Waals surface area contributed by atoms with Crippen LogP contribution in [0.15, 0.2) is 18.2 Å². The van der Waals surface area contributed by atoms with Crippen molar-refractivity contribution in [1.29, 1.82) is 0 Å². The van der Waals surface area contributed by atoms with Crippen molar-refractivity contribution in [1.82, 2.24) is 0 Å². The molecule has 0 amide bonds. The van der Waals surface area contributed by atoms with E-state index in [0.717, 1.165) is 18.3 Å². The van der Waals surface area contributed by atoms with Crippen LogP contribution in [0.3, 0.4) is 0 Å². The number of hydrogen-bond donors (Lipinski definition) is 0. The third-order valence-corrected chi connectivity index (χ3v) is 3.55. The monoisotopic (exact) mass is 262 g/mol. The second kappa shape index (κ2) is 4.64. The van der Waals surface area contributed by atoms with Crippen molar-refractivity contribution in [2.24, 2.45) is 0 Å². The number of rotatable bonds is 3. The van der Waals surface area contributed by atoms with Crippen LogP contribution in [0.2, 0.25) is 0 Å². The van der Waals surface area contributed by atoms with Gasteiger partial charge in [-0.2, -0.15) is 0 Å². The maximum absolute atomic E-state index is 11.1. The highest BCUT2D eigenvalue weighted by Gasteiger charge is 2.47. The van der Waals surface area contributed by atoms with Crippen LogP contribution in [0.25, 0.3) is 0 Å². The Morgan fingerprint density at radius 2 is 2.00 bits per heavy atom. The van der Waals surface area contributed by atoms with Crippen LogP contribution in [0.1, 0.15) is 50.0 Å². The van der Waals surface area contributed by atoms with Crippen molar-refractivity contribution in [2.75, 3.05) is 0 Å². The van der Waals surface area contributed by atoms with E-state index in [9.17, 15) is 4.79 Å². The van der Waals surface area contributed by atoms with Gasteiger partial charge in [-0.25, -0.2) is 0 Å². The Hall–Kier alpha value is -1.35. The first kappa shape index (κ1) is 14.1. The summed E-state index contributed by atoms with van der Waals surface area (Å²) in [5.74, 6) is 0.639. The van der Waals surface area contributed by atoms with Gasteiger partial charge in [-0.05, 0) is 46.8 Å². The van der Waals surface area contributed by atoms with E-state index < -0.39 is 0 Å². The molecule has 1 aliphatic rings. The largest absolute Gasteiger partial charge is 0.487 e. The molecule has 1 saturated heterocycles. The molecule has 1 aromatic carbocycles. The minimum absolute atomic E-state index is 0.0519. The fourth-order valence-corrected chi connectivity index (χ4v) is 2.72.